The molecule has 3 heteroatoms. The predicted octanol–water partition coefficient (Wildman–Crippen LogP) is 1.66. The summed E-state index contributed by atoms with van der Waals surface area (Å²) in [5.74, 6) is 1.11. The molecular formula is C14H19NO2. The fourth-order valence-electron chi connectivity index (χ4n) is 3.32. The molecule has 0 amide bonds. The first-order chi connectivity index (χ1) is 8.29. The number of hydrogen-bond acceptors (Lipinski definition) is 3. The average molecular weight is 233 g/mol. The zero-order chi connectivity index (χ0) is 11.8. The molecule has 92 valence electrons. The van der Waals surface area contributed by atoms with Crippen molar-refractivity contribution in [2.75, 3.05) is 7.11 Å². The summed E-state index contributed by atoms with van der Waals surface area (Å²) < 4.78 is 5.41. The third-order valence-corrected chi connectivity index (χ3v) is 4.18. The van der Waals surface area contributed by atoms with Crippen molar-refractivity contribution in [1.82, 2.24) is 5.32 Å². The molecule has 0 saturated carbocycles. The molecule has 2 heterocycles. The SMILES string of the molecule is COc1ccccc1[C@H]1C[C@@H]2CC[C@H](N2)[C@@H]1O. The summed E-state index contributed by atoms with van der Waals surface area (Å²) in [7, 11) is 1.70. The Balaban J connectivity index is 1.93. The number of para-hydroxylation sites is 1. The summed E-state index contributed by atoms with van der Waals surface area (Å²) >= 11 is 0. The molecule has 2 fully saturated rings. The van der Waals surface area contributed by atoms with E-state index in [4.69, 9.17) is 4.74 Å². The largest absolute Gasteiger partial charge is 0.496 e. The van der Waals surface area contributed by atoms with E-state index in [9.17, 15) is 5.11 Å². The third-order valence-electron chi connectivity index (χ3n) is 4.18. The molecule has 0 aliphatic carbocycles. The minimum atomic E-state index is -0.287. The van der Waals surface area contributed by atoms with Gasteiger partial charge < -0.3 is 15.2 Å². The summed E-state index contributed by atoms with van der Waals surface area (Å²) in [6, 6.07) is 8.89. The molecule has 1 aromatic carbocycles. The van der Waals surface area contributed by atoms with E-state index in [-0.39, 0.29) is 18.1 Å². The van der Waals surface area contributed by atoms with E-state index in [1.54, 1.807) is 7.11 Å². The molecule has 1 aromatic rings. The summed E-state index contributed by atoms with van der Waals surface area (Å²) in [4.78, 5) is 0. The van der Waals surface area contributed by atoms with E-state index >= 15 is 0 Å². The molecule has 2 bridgehead atoms. The highest BCUT2D eigenvalue weighted by Gasteiger charge is 2.41. The van der Waals surface area contributed by atoms with Crippen LogP contribution in [0.3, 0.4) is 0 Å². The lowest BCUT2D eigenvalue weighted by Gasteiger charge is -2.35. The quantitative estimate of drug-likeness (QED) is 0.816. The molecule has 3 nitrogen and oxygen atoms in total. The molecule has 2 N–H and O–H groups in total. The lowest BCUT2D eigenvalue weighted by atomic mass is 9.83. The van der Waals surface area contributed by atoms with Crippen LogP contribution in [-0.2, 0) is 0 Å². The van der Waals surface area contributed by atoms with Crippen LogP contribution >= 0.6 is 0 Å². The number of piperidine rings is 1. The molecule has 0 unspecified atom stereocenters. The first-order valence-corrected chi connectivity index (χ1v) is 6.36. The van der Waals surface area contributed by atoms with Crippen LogP contribution in [0.4, 0.5) is 0 Å². The summed E-state index contributed by atoms with van der Waals surface area (Å²) in [6.07, 6.45) is 3.01. The number of hydrogen-bond donors (Lipinski definition) is 2. The van der Waals surface area contributed by atoms with Crippen LogP contribution in [0.1, 0.15) is 30.7 Å². The zero-order valence-corrected chi connectivity index (χ0v) is 10.1. The first kappa shape index (κ1) is 11.1. The standard InChI is InChI=1S/C14H19NO2/c1-17-13-5-3-2-4-10(13)11-8-9-6-7-12(15-9)14(11)16/h2-5,9,11-12,14-16H,6-8H2,1H3/t9-,11+,12-,14+/m0/s1. The predicted molar refractivity (Wildman–Crippen MR) is 66.3 cm³/mol. The Hall–Kier alpha value is -1.06. The smallest absolute Gasteiger partial charge is 0.122 e. The second-order valence-corrected chi connectivity index (χ2v) is 5.12. The van der Waals surface area contributed by atoms with E-state index in [0.717, 1.165) is 24.2 Å². The van der Waals surface area contributed by atoms with Gasteiger partial charge in [-0.05, 0) is 30.9 Å². The van der Waals surface area contributed by atoms with Gasteiger partial charge in [0.1, 0.15) is 5.75 Å². The van der Waals surface area contributed by atoms with Crippen LogP contribution in [-0.4, -0.2) is 30.4 Å². The number of ether oxygens (including phenoxy) is 1. The number of nitrogens with one attached hydrogen (secondary N) is 1. The maximum absolute atomic E-state index is 10.4. The second-order valence-electron chi connectivity index (χ2n) is 5.12. The van der Waals surface area contributed by atoms with Crippen LogP contribution in [0.5, 0.6) is 5.75 Å². The molecule has 2 aliphatic heterocycles. The van der Waals surface area contributed by atoms with Crippen LogP contribution in [0.2, 0.25) is 0 Å². The maximum atomic E-state index is 10.4. The average Bonchev–Trinajstić information content (AvgIpc) is 2.78. The lowest BCUT2D eigenvalue weighted by Crippen LogP contribution is -2.47. The van der Waals surface area contributed by atoms with Gasteiger partial charge >= 0.3 is 0 Å². The van der Waals surface area contributed by atoms with Crippen LogP contribution in [0, 0.1) is 0 Å². The Labute approximate surface area is 102 Å². The maximum Gasteiger partial charge on any atom is 0.122 e. The highest BCUT2D eigenvalue weighted by Crippen LogP contribution is 2.40. The molecule has 4 atom stereocenters. The van der Waals surface area contributed by atoms with Gasteiger partial charge in [0.05, 0.1) is 13.2 Å². The summed E-state index contributed by atoms with van der Waals surface area (Å²) in [5, 5.41) is 13.9. The number of fused-ring (bicyclic) bond motifs is 2. The van der Waals surface area contributed by atoms with Gasteiger partial charge in [-0.15, -0.1) is 0 Å². The van der Waals surface area contributed by atoms with Crippen molar-refractivity contribution >= 4 is 0 Å². The van der Waals surface area contributed by atoms with Gasteiger partial charge in [0.15, 0.2) is 0 Å². The van der Waals surface area contributed by atoms with Crippen molar-refractivity contribution in [3.8, 4) is 5.75 Å². The Kier molecular flexibility index (Phi) is 2.81. The van der Waals surface area contributed by atoms with Crippen molar-refractivity contribution in [1.29, 1.82) is 0 Å². The molecule has 0 radical (unpaired) electrons. The Morgan fingerprint density at radius 2 is 2.12 bits per heavy atom. The number of rotatable bonds is 2. The van der Waals surface area contributed by atoms with Crippen LogP contribution < -0.4 is 10.1 Å². The Morgan fingerprint density at radius 1 is 1.29 bits per heavy atom. The first-order valence-electron chi connectivity index (χ1n) is 6.36. The molecule has 2 saturated heterocycles. The minimum Gasteiger partial charge on any atom is -0.496 e. The van der Waals surface area contributed by atoms with E-state index in [2.05, 4.69) is 11.4 Å². The number of methoxy groups -OCH3 is 1. The van der Waals surface area contributed by atoms with Gasteiger partial charge in [0.25, 0.3) is 0 Å². The van der Waals surface area contributed by atoms with Gasteiger partial charge in [-0.3, -0.25) is 0 Å². The lowest BCUT2D eigenvalue weighted by molar-refractivity contribution is 0.0796. The van der Waals surface area contributed by atoms with Crippen LogP contribution in [0.25, 0.3) is 0 Å². The molecular weight excluding hydrogens is 214 g/mol. The normalized spacial score (nSPS) is 35.9. The van der Waals surface area contributed by atoms with Crippen molar-refractivity contribution < 1.29 is 9.84 Å². The molecule has 17 heavy (non-hydrogen) atoms. The fourth-order valence-corrected chi connectivity index (χ4v) is 3.32. The van der Waals surface area contributed by atoms with E-state index in [1.807, 2.05) is 18.2 Å². The van der Waals surface area contributed by atoms with Crippen molar-refractivity contribution in [2.24, 2.45) is 0 Å². The minimum absolute atomic E-state index is 0.213. The zero-order valence-electron chi connectivity index (χ0n) is 10.1. The second kappa shape index (κ2) is 4.31. The van der Waals surface area contributed by atoms with Gasteiger partial charge in [-0.1, -0.05) is 18.2 Å². The highest BCUT2D eigenvalue weighted by atomic mass is 16.5. The topological polar surface area (TPSA) is 41.5 Å². The van der Waals surface area contributed by atoms with Gasteiger partial charge in [-0.25, -0.2) is 0 Å². The van der Waals surface area contributed by atoms with E-state index < -0.39 is 0 Å². The van der Waals surface area contributed by atoms with E-state index in [1.165, 1.54) is 6.42 Å². The summed E-state index contributed by atoms with van der Waals surface area (Å²) in [5.41, 5.74) is 1.15. The van der Waals surface area contributed by atoms with Crippen molar-refractivity contribution in [2.45, 2.75) is 43.4 Å². The van der Waals surface area contributed by atoms with Gasteiger partial charge in [0, 0.05) is 18.0 Å². The molecule has 2 aliphatic rings. The number of aliphatic hydroxyl groups is 1. The molecule has 0 spiro atoms. The van der Waals surface area contributed by atoms with Crippen molar-refractivity contribution in [3.63, 3.8) is 0 Å². The number of aliphatic hydroxyl groups excluding tert-OH is 1. The van der Waals surface area contributed by atoms with Crippen molar-refractivity contribution in [3.05, 3.63) is 29.8 Å². The van der Waals surface area contributed by atoms with Crippen LogP contribution in [0.15, 0.2) is 24.3 Å². The monoisotopic (exact) mass is 233 g/mol. The van der Waals surface area contributed by atoms with Gasteiger partial charge in [0.2, 0.25) is 0 Å². The Morgan fingerprint density at radius 3 is 2.94 bits per heavy atom. The molecule has 0 aromatic heterocycles. The van der Waals surface area contributed by atoms with E-state index in [0.29, 0.717) is 6.04 Å². The fraction of sp³-hybridized carbons (Fsp3) is 0.571. The summed E-state index contributed by atoms with van der Waals surface area (Å²) in [6.45, 7) is 0. The number of benzene rings is 1. The highest BCUT2D eigenvalue weighted by molar-refractivity contribution is 5.38. The Bertz CT molecular complexity index is 407. The third kappa shape index (κ3) is 1.83. The molecule has 3 rings (SSSR count). The van der Waals surface area contributed by atoms with Gasteiger partial charge in [-0.2, -0.15) is 0 Å².